The second-order valence-electron chi connectivity index (χ2n) is 21.0. The fourth-order valence-electron chi connectivity index (χ4n) is 14.3. The molecular weight excluding hydrogens is 761 g/mol. The van der Waals surface area contributed by atoms with Crippen molar-refractivity contribution in [1.82, 2.24) is 4.57 Å². The average Bonchev–Trinajstić information content (AvgIpc) is 3.77. The minimum atomic E-state index is -0.194. The van der Waals surface area contributed by atoms with Crippen molar-refractivity contribution in [3.63, 3.8) is 0 Å². The number of rotatable bonds is 7. The zero-order valence-corrected chi connectivity index (χ0v) is 37.0. The van der Waals surface area contributed by atoms with Gasteiger partial charge >= 0.3 is 0 Å². The van der Waals surface area contributed by atoms with Crippen molar-refractivity contribution in [2.45, 2.75) is 101 Å². The number of hydrogen-bond acceptors (Lipinski definition) is 1. The topological polar surface area (TPSA) is 8.17 Å². The van der Waals surface area contributed by atoms with E-state index < -0.39 is 0 Å². The molecular formula is C61H58N2. The van der Waals surface area contributed by atoms with Gasteiger partial charge in [-0.1, -0.05) is 130 Å². The molecule has 0 spiro atoms. The molecule has 6 aliphatic carbocycles. The Hall–Kier alpha value is -5.86. The van der Waals surface area contributed by atoms with E-state index in [0.717, 1.165) is 17.8 Å². The summed E-state index contributed by atoms with van der Waals surface area (Å²) in [6.45, 7) is 4.89. The monoisotopic (exact) mass is 818 g/mol. The maximum Gasteiger partial charge on any atom is 0.0622 e. The first kappa shape index (κ1) is 37.7. The van der Waals surface area contributed by atoms with Gasteiger partial charge in [0, 0.05) is 44.5 Å². The molecule has 14 rings (SSSR count). The van der Waals surface area contributed by atoms with E-state index in [1.165, 1.54) is 154 Å². The summed E-state index contributed by atoms with van der Waals surface area (Å²) in [7, 11) is 0. The lowest BCUT2D eigenvalue weighted by atomic mass is 9.48. The van der Waals surface area contributed by atoms with E-state index in [4.69, 9.17) is 0 Å². The van der Waals surface area contributed by atoms with Crippen molar-refractivity contribution in [2.75, 3.05) is 4.90 Å². The third-order valence-corrected chi connectivity index (χ3v) is 16.9. The van der Waals surface area contributed by atoms with Crippen molar-refractivity contribution < 1.29 is 0 Å². The fraction of sp³-hybridized carbons (Fsp3) is 0.311. The van der Waals surface area contributed by atoms with Gasteiger partial charge in [0.25, 0.3) is 0 Å². The first-order chi connectivity index (χ1) is 30.9. The number of para-hydroxylation sites is 1. The standard InChI is InChI=1S/C61H58N2/c1-60(2)55-30-29-52-54-35-46(44-14-8-4-9-15-44)20-31-57(54)63(48-16-10-5-11-17-48)59(52)58(55)53-28-27-51(36-56(53)60)62(49-23-18-45(19-24-49)43-12-6-3-7-13-43)50-25-21-47(22-26-50)61-37-40-32-41(38-61)34-42(33-40)39-61/h4-5,8-11,14-31,35-36,40-43H,3,6-7,12-13,32-34,37-39H2,1-2H3. The highest BCUT2D eigenvalue weighted by atomic mass is 15.1. The van der Waals surface area contributed by atoms with E-state index in [-0.39, 0.29) is 5.41 Å². The number of hydrogen-bond donors (Lipinski definition) is 0. The fourth-order valence-corrected chi connectivity index (χ4v) is 14.3. The summed E-state index contributed by atoms with van der Waals surface area (Å²) in [5.74, 6) is 3.51. The first-order valence-electron chi connectivity index (χ1n) is 24.3. The van der Waals surface area contributed by atoms with Crippen molar-refractivity contribution in [1.29, 1.82) is 0 Å². The molecule has 4 bridgehead atoms. The van der Waals surface area contributed by atoms with Crippen LogP contribution in [-0.2, 0) is 10.8 Å². The summed E-state index contributed by atoms with van der Waals surface area (Å²) in [4.78, 5) is 2.55. The lowest BCUT2D eigenvalue weighted by Crippen LogP contribution is -2.48. The quantitative estimate of drug-likeness (QED) is 0.156. The van der Waals surface area contributed by atoms with Crippen molar-refractivity contribution in [3.05, 3.63) is 180 Å². The van der Waals surface area contributed by atoms with Crippen LogP contribution in [0.25, 0.3) is 49.7 Å². The third kappa shape index (κ3) is 5.96. The maximum atomic E-state index is 2.55. The largest absolute Gasteiger partial charge is 0.310 e. The Kier molecular flexibility index (Phi) is 8.57. The summed E-state index contributed by atoms with van der Waals surface area (Å²) < 4.78 is 2.53. The summed E-state index contributed by atoms with van der Waals surface area (Å²) >= 11 is 0. The second kappa shape index (κ2) is 14.3. The molecule has 0 saturated heterocycles. The van der Waals surface area contributed by atoms with Crippen LogP contribution < -0.4 is 4.90 Å². The molecule has 63 heavy (non-hydrogen) atoms. The number of benzene rings is 7. The predicted octanol–water partition coefficient (Wildman–Crippen LogP) is 16.7. The van der Waals surface area contributed by atoms with Crippen LogP contribution in [0.4, 0.5) is 17.1 Å². The number of aromatic nitrogens is 1. The van der Waals surface area contributed by atoms with E-state index in [2.05, 4.69) is 181 Å². The van der Waals surface area contributed by atoms with Crippen LogP contribution in [0.1, 0.15) is 113 Å². The SMILES string of the molecule is CC1(C)c2cc(N(c3ccc(C4CCCCC4)cc3)c3ccc(C45CC6CC(CC(C6)C4)C5)cc3)ccc2-c2c1ccc1c3cc(-c4ccccc4)ccc3n(-c3ccccc3)c21. The normalized spacial score (nSPS) is 23.3. The molecule has 0 N–H and O–H groups in total. The summed E-state index contributed by atoms with van der Waals surface area (Å²) in [5, 5.41) is 2.60. The molecule has 0 amide bonds. The minimum Gasteiger partial charge on any atom is -0.310 e. The molecule has 6 aliphatic rings. The molecule has 1 aromatic heterocycles. The molecule has 7 aromatic carbocycles. The van der Waals surface area contributed by atoms with Gasteiger partial charge in [-0.05, 0) is 180 Å². The van der Waals surface area contributed by atoms with Gasteiger partial charge in [-0.25, -0.2) is 0 Å². The van der Waals surface area contributed by atoms with E-state index in [9.17, 15) is 0 Å². The Balaban J connectivity index is 0.958. The highest BCUT2D eigenvalue weighted by molar-refractivity contribution is 6.16. The molecule has 312 valence electrons. The summed E-state index contributed by atoms with van der Waals surface area (Å²) in [5.41, 5.74) is 18.8. The molecule has 2 nitrogen and oxygen atoms in total. The van der Waals surface area contributed by atoms with Gasteiger partial charge < -0.3 is 9.47 Å². The Labute approximate surface area is 373 Å². The number of anilines is 3. The van der Waals surface area contributed by atoms with Gasteiger partial charge in [0.05, 0.1) is 11.0 Å². The zero-order valence-electron chi connectivity index (χ0n) is 37.0. The molecule has 0 aliphatic heterocycles. The van der Waals surface area contributed by atoms with E-state index >= 15 is 0 Å². The van der Waals surface area contributed by atoms with Gasteiger partial charge in [-0.15, -0.1) is 0 Å². The second-order valence-corrected chi connectivity index (χ2v) is 21.0. The predicted molar refractivity (Wildman–Crippen MR) is 264 cm³/mol. The van der Waals surface area contributed by atoms with E-state index in [1.807, 2.05) is 0 Å². The van der Waals surface area contributed by atoms with Crippen molar-refractivity contribution in [2.24, 2.45) is 17.8 Å². The zero-order chi connectivity index (χ0) is 41.9. The Morgan fingerprint density at radius 2 is 1.16 bits per heavy atom. The molecule has 0 radical (unpaired) electrons. The van der Waals surface area contributed by atoms with Crippen LogP contribution in [0.2, 0.25) is 0 Å². The van der Waals surface area contributed by atoms with E-state index in [0.29, 0.717) is 11.3 Å². The highest BCUT2D eigenvalue weighted by Crippen LogP contribution is 2.61. The van der Waals surface area contributed by atoms with Crippen LogP contribution in [0.5, 0.6) is 0 Å². The van der Waals surface area contributed by atoms with Crippen LogP contribution in [0.3, 0.4) is 0 Å². The number of nitrogens with zero attached hydrogens (tertiary/aromatic N) is 2. The van der Waals surface area contributed by atoms with Crippen LogP contribution in [0.15, 0.2) is 158 Å². The molecule has 5 fully saturated rings. The van der Waals surface area contributed by atoms with E-state index in [1.54, 1.807) is 5.56 Å². The minimum absolute atomic E-state index is 0.194. The van der Waals surface area contributed by atoms with Crippen LogP contribution in [-0.4, -0.2) is 4.57 Å². The Morgan fingerprint density at radius 3 is 1.84 bits per heavy atom. The molecule has 5 saturated carbocycles. The third-order valence-electron chi connectivity index (χ3n) is 16.9. The Bertz CT molecular complexity index is 2980. The van der Waals surface area contributed by atoms with Crippen molar-refractivity contribution >= 4 is 38.9 Å². The van der Waals surface area contributed by atoms with Gasteiger partial charge in [0.15, 0.2) is 0 Å². The van der Waals surface area contributed by atoms with Gasteiger partial charge in [0.2, 0.25) is 0 Å². The van der Waals surface area contributed by atoms with Gasteiger partial charge in [-0.2, -0.15) is 0 Å². The smallest absolute Gasteiger partial charge is 0.0622 e. The molecule has 1 heterocycles. The van der Waals surface area contributed by atoms with Crippen LogP contribution in [0, 0.1) is 17.8 Å². The number of fused-ring (bicyclic) bond motifs is 7. The lowest BCUT2D eigenvalue weighted by molar-refractivity contribution is -0.00518. The summed E-state index contributed by atoms with van der Waals surface area (Å²) in [6, 6.07) is 60.8. The van der Waals surface area contributed by atoms with Gasteiger partial charge in [0.1, 0.15) is 0 Å². The molecule has 0 unspecified atom stereocenters. The Morgan fingerprint density at radius 1 is 0.524 bits per heavy atom. The first-order valence-corrected chi connectivity index (χ1v) is 24.3. The van der Waals surface area contributed by atoms with Crippen LogP contribution >= 0.6 is 0 Å². The average molecular weight is 819 g/mol. The summed E-state index contributed by atoms with van der Waals surface area (Å²) in [6.07, 6.45) is 15.4. The molecule has 8 aromatic rings. The highest BCUT2D eigenvalue weighted by Gasteiger charge is 2.51. The molecule has 2 heteroatoms. The maximum absolute atomic E-state index is 2.55. The van der Waals surface area contributed by atoms with Gasteiger partial charge in [-0.3, -0.25) is 0 Å². The molecule has 0 atom stereocenters. The van der Waals surface area contributed by atoms with Crippen molar-refractivity contribution in [3.8, 4) is 27.9 Å². The lowest BCUT2D eigenvalue weighted by Gasteiger charge is -2.57.